The van der Waals surface area contributed by atoms with Crippen LogP contribution in [-0.2, 0) is 13.7 Å². The van der Waals surface area contributed by atoms with Crippen LogP contribution < -0.4 is 10.5 Å². The molecule has 0 aliphatic carbocycles. The van der Waals surface area contributed by atoms with Crippen molar-refractivity contribution in [2.75, 3.05) is 5.73 Å². The Bertz CT molecular complexity index is 698. The van der Waals surface area contributed by atoms with E-state index in [4.69, 9.17) is 10.5 Å². The van der Waals surface area contributed by atoms with E-state index in [-0.39, 0.29) is 0 Å². The number of nitrogen functional groups attached to an aromatic ring is 1. The van der Waals surface area contributed by atoms with Gasteiger partial charge in [0, 0.05) is 12.6 Å². The molecule has 21 heavy (non-hydrogen) atoms. The molecular formula is C17H17N3O. The minimum absolute atomic E-state index is 0.564. The van der Waals surface area contributed by atoms with E-state index >= 15 is 0 Å². The minimum Gasteiger partial charge on any atom is -0.489 e. The Hall–Kier alpha value is -2.75. The number of benzene rings is 2. The number of rotatable bonds is 4. The number of hydrogen-bond donors (Lipinski definition) is 1. The van der Waals surface area contributed by atoms with Gasteiger partial charge in [-0.15, -0.1) is 0 Å². The number of nitrogens with two attached hydrogens (primary N) is 1. The quantitative estimate of drug-likeness (QED) is 0.797. The van der Waals surface area contributed by atoms with E-state index in [2.05, 4.69) is 5.10 Å². The van der Waals surface area contributed by atoms with Crippen molar-refractivity contribution in [1.82, 2.24) is 9.78 Å². The van der Waals surface area contributed by atoms with Crippen LogP contribution in [0.3, 0.4) is 0 Å². The van der Waals surface area contributed by atoms with Crippen LogP contribution in [0.2, 0.25) is 0 Å². The van der Waals surface area contributed by atoms with Gasteiger partial charge in [-0.05, 0) is 29.8 Å². The molecule has 0 saturated carbocycles. The van der Waals surface area contributed by atoms with Crippen molar-refractivity contribution in [2.24, 2.45) is 7.05 Å². The average molecular weight is 279 g/mol. The van der Waals surface area contributed by atoms with Gasteiger partial charge in [-0.3, -0.25) is 4.68 Å². The molecule has 0 unspecified atom stereocenters. The van der Waals surface area contributed by atoms with Crippen LogP contribution in [0, 0.1) is 0 Å². The molecule has 106 valence electrons. The van der Waals surface area contributed by atoms with Crippen molar-refractivity contribution in [3.05, 3.63) is 66.4 Å². The summed E-state index contributed by atoms with van der Waals surface area (Å²) in [6.07, 6.45) is 1.66. The van der Waals surface area contributed by atoms with Crippen LogP contribution in [0.5, 0.6) is 5.75 Å². The third-order valence-corrected chi connectivity index (χ3v) is 3.34. The SMILES string of the molecule is Cn1ncc(N)c1-c1ccc(OCc2ccccc2)cc1. The topological polar surface area (TPSA) is 53.1 Å². The lowest BCUT2D eigenvalue weighted by Crippen LogP contribution is -1.97. The van der Waals surface area contributed by atoms with Crippen molar-refractivity contribution >= 4 is 5.69 Å². The van der Waals surface area contributed by atoms with Gasteiger partial charge < -0.3 is 10.5 Å². The van der Waals surface area contributed by atoms with E-state index in [1.54, 1.807) is 10.9 Å². The highest BCUT2D eigenvalue weighted by Gasteiger charge is 2.08. The molecule has 0 spiro atoms. The lowest BCUT2D eigenvalue weighted by atomic mass is 10.1. The number of hydrogen-bond acceptors (Lipinski definition) is 3. The maximum atomic E-state index is 5.93. The van der Waals surface area contributed by atoms with E-state index in [0.29, 0.717) is 12.3 Å². The number of ether oxygens (including phenoxy) is 1. The largest absolute Gasteiger partial charge is 0.489 e. The maximum Gasteiger partial charge on any atom is 0.119 e. The third-order valence-electron chi connectivity index (χ3n) is 3.34. The zero-order valence-electron chi connectivity index (χ0n) is 11.9. The highest BCUT2D eigenvalue weighted by atomic mass is 16.5. The van der Waals surface area contributed by atoms with Gasteiger partial charge in [0.25, 0.3) is 0 Å². The molecule has 1 heterocycles. The van der Waals surface area contributed by atoms with Crippen molar-refractivity contribution in [1.29, 1.82) is 0 Å². The highest BCUT2D eigenvalue weighted by Crippen LogP contribution is 2.26. The van der Waals surface area contributed by atoms with E-state index in [1.165, 1.54) is 0 Å². The van der Waals surface area contributed by atoms with Crippen molar-refractivity contribution < 1.29 is 4.74 Å². The van der Waals surface area contributed by atoms with Gasteiger partial charge >= 0.3 is 0 Å². The fourth-order valence-electron chi connectivity index (χ4n) is 2.26. The summed E-state index contributed by atoms with van der Waals surface area (Å²) in [4.78, 5) is 0. The van der Waals surface area contributed by atoms with Gasteiger partial charge in [-0.25, -0.2) is 0 Å². The molecule has 2 aromatic carbocycles. The summed E-state index contributed by atoms with van der Waals surface area (Å²) >= 11 is 0. The molecule has 4 nitrogen and oxygen atoms in total. The summed E-state index contributed by atoms with van der Waals surface area (Å²) in [7, 11) is 1.88. The van der Waals surface area contributed by atoms with E-state index in [0.717, 1.165) is 22.6 Å². The Morgan fingerprint density at radius 3 is 2.38 bits per heavy atom. The number of aromatic nitrogens is 2. The van der Waals surface area contributed by atoms with Gasteiger partial charge in [0.2, 0.25) is 0 Å². The first-order valence-corrected chi connectivity index (χ1v) is 6.78. The molecule has 0 aliphatic rings. The van der Waals surface area contributed by atoms with Crippen molar-refractivity contribution in [3.63, 3.8) is 0 Å². The number of anilines is 1. The monoisotopic (exact) mass is 279 g/mol. The van der Waals surface area contributed by atoms with Gasteiger partial charge in [-0.1, -0.05) is 30.3 Å². The molecule has 0 aliphatic heterocycles. The second-order valence-corrected chi connectivity index (χ2v) is 4.87. The Labute approximate surface area is 123 Å². The van der Waals surface area contributed by atoms with Crippen LogP contribution in [-0.4, -0.2) is 9.78 Å². The summed E-state index contributed by atoms with van der Waals surface area (Å²) in [6, 6.07) is 18.0. The second-order valence-electron chi connectivity index (χ2n) is 4.87. The van der Waals surface area contributed by atoms with Crippen LogP contribution in [0.25, 0.3) is 11.3 Å². The van der Waals surface area contributed by atoms with E-state index in [1.807, 2.05) is 61.6 Å². The summed E-state index contributed by atoms with van der Waals surface area (Å²) in [5, 5.41) is 4.15. The minimum atomic E-state index is 0.564. The average Bonchev–Trinajstić information content (AvgIpc) is 2.86. The van der Waals surface area contributed by atoms with Gasteiger partial charge in [-0.2, -0.15) is 5.10 Å². The van der Waals surface area contributed by atoms with Crippen LogP contribution >= 0.6 is 0 Å². The third kappa shape index (κ3) is 2.89. The van der Waals surface area contributed by atoms with Gasteiger partial charge in [0.05, 0.1) is 17.6 Å². The maximum absolute atomic E-state index is 5.93. The Morgan fingerprint density at radius 2 is 1.76 bits per heavy atom. The number of nitrogens with zero attached hydrogens (tertiary/aromatic N) is 2. The molecule has 0 atom stereocenters. The lowest BCUT2D eigenvalue weighted by Gasteiger charge is -2.08. The van der Waals surface area contributed by atoms with E-state index in [9.17, 15) is 0 Å². The van der Waals surface area contributed by atoms with Crippen LogP contribution in [0.1, 0.15) is 5.56 Å². The summed E-state index contributed by atoms with van der Waals surface area (Å²) in [5.74, 6) is 0.836. The summed E-state index contributed by atoms with van der Waals surface area (Å²) < 4.78 is 7.54. The van der Waals surface area contributed by atoms with Crippen molar-refractivity contribution in [3.8, 4) is 17.0 Å². The Balaban J connectivity index is 1.73. The smallest absolute Gasteiger partial charge is 0.119 e. The summed E-state index contributed by atoms with van der Waals surface area (Å²) in [5.41, 5.74) is 9.71. The predicted molar refractivity (Wildman–Crippen MR) is 83.8 cm³/mol. The predicted octanol–water partition coefficient (Wildman–Crippen LogP) is 3.25. The second kappa shape index (κ2) is 5.71. The fraction of sp³-hybridized carbons (Fsp3) is 0.118. The first-order chi connectivity index (χ1) is 10.2. The standard InChI is InChI=1S/C17H17N3O/c1-20-17(16(18)11-19-20)14-7-9-15(10-8-14)21-12-13-5-3-2-4-6-13/h2-11H,12,18H2,1H3. The molecule has 4 heteroatoms. The summed E-state index contributed by atoms with van der Waals surface area (Å²) in [6.45, 7) is 0.564. The zero-order chi connectivity index (χ0) is 14.7. The zero-order valence-corrected chi connectivity index (χ0v) is 11.9. The van der Waals surface area contributed by atoms with Crippen LogP contribution in [0.4, 0.5) is 5.69 Å². The molecule has 0 radical (unpaired) electrons. The molecule has 0 amide bonds. The molecule has 0 fully saturated rings. The Kier molecular flexibility index (Phi) is 3.60. The highest BCUT2D eigenvalue weighted by molar-refractivity contribution is 5.72. The number of aryl methyl sites for hydroxylation is 1. The van der Waals surface area contributed by atoms with Gasteiger partial charge in [0.1, 0.15) is 12.4 Å². The molecular weight excluding hydrogens is 262 g/mol. The van der Waals surface area contributed by atoms with E-state index < -0.39 is 0 Å². The fourth-order valence-corrected chi connectivity index (χ4v) is 2.26. The first kappa shape index (κ1) is 13.2. The molecule has 1 aromatic heterocycles. The Morgan fingerprint density at radius 1 is 1.05 bits per heavy atom. The van der Waals surface area contributed by atoms with Gasteiger partial charge in [0.15, 0.2) is 0 Å². The molecule has 3 aromatic rings. The first-order valence-electron chi connectivity index (χ1n) is 6.78. The molecule has 3 rings (SSSR count). The molecule has 2 N–H and O–H groups in total. The normalized spacial score (nSPS) is 10.5. The lowest BCUT2D eigenvalue weighted by molar-refractivity contribution is 0.306. The molecule has 0 saturated heterocycles. The van der Waals surface area contributed by atoms with Crippen molar-refractivity contribution in [2.45, 2.75) is 6.61 Å². The molecule has 0 bridgehead atoms. The van der Waals surface area contributed by atoms with Crippen LogP contribution in [0.15, 0.2) is 60.8 Å².